The highest BCUT2D eigenvalue weighted by molar-refractivity contribution is 5.86. The fourth-order valence-electron chi connectivity index (χ4n) is 4.25. The maximum Gasteiger partial charge on any atom is 0.242 e. The van der Waals surface area contributed by atoms with Crippen LogP contribution in [0.3, 0.4) is 0 Å². The molecular formula is C29H39N3O3. The summed E-state index contributed by atoms with van der Waals surface area (Å²) in [5, 5.41) is 1.18. The predicted octanol–water partition coefficient (Wildman–Crippen LogP) is 5.42. The molecule has 0 saturated heterocycles. The van der Waals surface area contributed by atoms with Crippen molar-refractivity contribution < 1.29 is 14.3 Å². The van der Waals surface area contributed by atoms with Crippen LogP contribution in [0.2, 0.25) is 0 Å². The fourth-order valence-corrected chi connectivity index (χ4v) is 4.25. The van der Waals surface area contributed by atoms with Gasteiger partial charge in [-0.15, -0.1) is 0 Å². The lowest BCUT2D eigenvalue weighted by Gasteiger charge is -2.29. The molecule has 1 heterocycles. The van der Waals surface area contributed by atoms with Crippen LogP contribution < -0.4 is 4.74 Å². The van der Waals surface area contributed by atoms with Crippen LogP contribution in [0.5, 0.6) is 5.75 Å². The third-order valence-electron chi connectivity index (χ3n) is 6.45. The Balaban J connectivity index is 1.78. The lowest BCUT2D eigenvalue weighted by Crippen LogP contribution is -2.45. The number of ether oxygens (including phenoxy) is 1. The molecule has 1 N–H and O–H groups in total. The summed E-state index contributed by atoms with van der Waals surface area (Å²) in [6.45, 7) is 10.3. The molecule has 1 atom stereocenters. The molecule has 188 valence electrons. The van der Waals surface area contributed by atoms with Crippen LogP contribution in [-0.2, 0) is 22.6 Å². The quantitative estimate of drug-likeness (QED) is 0.357. The zero-order valence-electron chi connectivity index (χ0n) is 21.5. The number of carbonyl (C=O) groups is 2. The van der Waals surface area contributed by atoms with E-state index in [0.29, 0.717) is 26.2 Å². The Kier molecular flexibility index (Phi) is 9.76. The third-order valence-corrected chi connectivity index (χ3v) is 6.45. The number of aromatic nitrogens is 1. The van der Waals surface area contributed by atoms with Crippen molar-refractivity contribution >= 4 is 22.7 Å². The maximum absolute atomic E-state index is 13.5. The van der Waals surface area contributed by atoms with Gasteiger partial charge < -0.3 is 19.5 Å². The topological polar surface area (TPSA) is 65.6 Å². The van der Waals surface area contributed by atoms with Crippen molar-refractivity contribution in [3.63, 3.8) is 0 Å². The first-order chi connectivity index (χ1) is 17.0. The van der Waals surface area contributed by atoms with E-state index in [2.05, 4.69) is 17.1 Å². The Morgan fingerprint density at radius 3 is 2.40 bits per heavy atom. The Bertz CT molecular complexity index is 1090. The first kappa shape index (κ1) is 26.3. The monoisotopic (exact) mass is 477 g/mol. The lowest BCUT2D eigenvalue weighted by molar-refractivity contribution is -0.143. The van der Waals surface area contributed by atoms with Gasteiger partial charge in [-0.3, -0.25) is 9.59 Å². The van der Waals surface area contributed by atoms with Gasteiger partial charge in [0.1, 0.15) is 5.75 Å². The minimum Gasteiger partial charge on any atom is -0.494 e. The van der Waals surface area contributed by atoms with Gasteiger partial charge in [-0.25, -0.2) is 0 Å². The zero-order valence-corrected chi connectivity index (χ0v) is 21.5. The number of rotatable bonds is 13. The molecule has 2 amide bonds. The second-order valence-electron chi connectivity index (χ2n) is 9.07. The molecule has 3 rings (SSSR count). The van der Waals surface area contributed by atoms with Crippen molar-refractivity contribution in [2.75, 3.05) is 26.2 Å². The molecule has 0 spiro atoms. The number of para-hydroxylation sites is 1. The minimum atomic E-state index is -0.0832. The molecule has 0 saturated carbocycles. The molecule has 3 aromatic rings. The van der Waals surface area contributed by atoms with E-state index in [4.69, 9.17) is 4.74 Å². The van der Waals surface area contributed by atoms with Crippen LogP contribution in [0.4, 0.5) is 0 Å². The summed E-state index contributed by atoms with van der Waals surface area (Å²) in [7, 11) is 0. The van der Waals surface area contributed by atoms with E-state index >= 15 is 0 Å². The van der Waals surface area contributed by atoms with Gasteiger partial charge in [0, 0.05) is 42.7 Å². The second kappa shape index (κ2) is 13.0. The van der Waals surface area contributed by atoms with Gasteiger partial charge in [0.2, 0.25) is 11.8 Å². The third kappa shape index (κ3) is 7.10. The number of nitrogens with one attached hydrogen (secondary N) is 1. The van der Waals surface area contributed by atoms with Crippen LogP contribution in [-0.4, -0.2) is 52.8 Å². The number of fused-ring (bicyclic) bond motifs is 1. The molecule has 0 radical (unpaired) electrons. The fraction of sp³-hybridized carbons (Fsp3) is 0.448. The van der Waals surface area contributed by atoms with Crippen molar-refractivity contribution in [1.29, 1.82) is 0 Å². The van der Waals surface area contributed by atoms with Gasteiger partial charge in [-0.2, -0.15) is 0 Å². The number of carbonyl (C=O) groups excluding carboxylic acids is 2. The van der Waals surface area contributed by atoms with Gasteiger partial charge in [-0.1, -0.05) is 51.1 Å². The molecule has 0 aliphatic heterocycles. The van der Waals surface area contributed by atoms with E-state index in [9.17, 15) is 9.59 Å². The van der Waals surface area contributed by atoms with Crippen molar-refractivity contribution in [1.82, 2.24) is 14.8 Å². The second-order valence-corrected chi connectivity index (χ2v) is 9.07. The number of hydrogen-bond donors (Lipinski definition) is 1. The summed E-state index contributed by atoms with van der Waals surface area (Å²) in [4.78, 5) is 33.4. The largest absolute Gasteiger partial charge is 0.494 e. The average Bonchev–Trinajstić information content (AvgIpc) is 3.29. The van der Waals surface area contributed by atoms with Gasteiger partial charge >= 0.3 is 0 Å². The molecule has 0 bridgehead atoms. The number of aromatic amines is 1. The standard InChI is InChI=1S/C29H39N3O3/c1-5-17-32(29(34)22(4)6-2)21-28(33)31(20-23-12-14-25(15-13-23)35-7-3)18-16-24-19-30-27-11-9-8-10-26(24)27/h8-15,19,22,30H,5-7,16-18,20-21H2,1-4H3. The van der Waals surface area contributed by atoms with Crippen molar-refractivity contribution in [2.45, 2.75) is 53.5 Å². The van der Waals surface area contributed by atoms with Crippen molar-refractivity contribution in [3.05, 3.63) is 65.9 Å². The van der Waals surface area contributed by atoms with Gasteiger partial charge in [-0.05, 0) is 55.5 Å². The summed E-state index contributed by atoms with van der Waals surface area (Å²) in [6, 6.07) is 16.1. The molecule has 2 aromatic carbocycles. The maximum atomic E-state index is 13.5. The Hall–Kier alpha value is -3.28. The summed E-state index contributed by atoms with van der Waals surface area (Å²) in [5.41, 5.74) is 3.32. The van der Waals surface area contributed by atoms with E-state index in [0.717, 1.165) is 36.1 Å². The lowest BCUT2D eigenvalue weighted by atomic mass is 10.1. The van der Waals surface area contributed by atoms with E-state index in [-0.39, 0.29) is 24.3 Å². The smallest absolute Gasteiger partial charge is 0.242 e. The van der Waals surface area contributed by atoms with Crippen molar-refractivity contribution in [3.8, 4) is 5.75 Å². The molecule has 0 aliphatic carbocycles. The van der Waals surface area contributed by atoms with Crippen molar-refractivity contribution in [2.24, 2.45) is 5.92 Å². The van der Waals surface area contributed by atoms with Crippen LogP contribution in [0.1, 0.15) is 51.7 Å². The molecular weight excluding hydrogens is 438 g/mol. The van der Waals surface area contributed by atoms with E-state index in [1.165, 1.54) is 10.9 Å². The Morgan fingerprint density at radius 1 is 0.971 bits per heavy atom. The van der Waals surface area contributed by atoms with Crippen LogP contribution >= 0.6 is 0 Å². The van der Waals surface area contributed by atoms with E-state index < -0.39 is 0 Å². The first-order valence-corrected chi connectivity index (χ1v) is 12.8. The van der Waals surface area contributed by atoms with Crippen LogP contribution in [0, 0.1) is 5.92 Å². The summed E-state index contributed by atoms with van der Waals surface area (Å²) < 4.78 is 5.56. The normalized spacial score (nSPS) is 11.9. The molecule has 6 heteroatoms. The van der Waals surface area contributed by atoms with Gasteiger partial charge in [0.05, 0.1) is 13.2 Å². The SMILES string of the molecule is CCCN(CC(=O)N(CCc1c[nH]c2ccccc12)Cc1ccc(OCC)cc1)C(=O)C(C)CC. The summed E-state index contributed by atoms with van der Waals surface area (Å²) >= 11 is 0. The zero-order chi connectivity index (χ0) is 25.2. The highest BCUT2D eigenvalue weighted by Crippen LogP contribution is 2.20. The highest BCUT2D eigenvalue weighted by atomic mass is 16.5. The summed E-state index contributed by atoms with van der Waals surface area (Å²) in [6.07, 6.45) is 4.35. The molecule has 0 fully saturated rings. The van der Waals surface area contributed by atoms with Gasteiger partial charge in [0.25, 0.3) is 0 Å². The molecule has 35 heavy (non-hydrogen) atoms. The van der Waals surface area contributed by atoms with E-state index in [1.807, 2.05) is 75.2 Å². The number of hydrogen-bond acceptors (Lipinski definition) is 3. The van der Waals surface area contributed by atoms with E-state index in [1.54, 1.807) is 4.90 Å². The number of H-pyrrole nitrogens is 1. The highest BCUT2D eigenvalue weighted by Gasteiger charge is 2.24. The predicted molar refractivity (Wildman–Crippen MR) is 141 cm³/mol. The number of amides is 2. The average molecular weight is 478 g/mol. The Morgan fingerprint density at radius 2 is 1.71 bits per heavy atom. The molecule has 1 aromatic heterocycles. The van der Waals surface area contributed by atoms with Gasteiger partial charge in [0.15, 0.2) is 0 Å². The first-order valence-electron chi connectivity index (χ1n) is 12.8. The minimum absolute atomic E-state index is 0.0242. The number of benzene rings is 2. The van der Waals surface area contributed by atoms with Crippen LogP contribution in [0.25, 0.3) is 10.9 Å². The molecule has 0 aliphatic rings. The summed E-state index contributed by atoms with van der Waals surface area (Å²) in [5.74, 6) is 0.769. The van der Waals surface area contributed by atoms with Crippen LogP contribution in [0.15, 0.2) is 54.7 Å². The molecule has 6 nitrogen and oxygen atoms in total. The number of nitrogens with zero attached hydrogens (tertiary/aromatic N) is 2. The Labute approximate surface area is 209 Å². The molecule has 1 unspecified atom stereocenters.